The number of rotatable bonds is 6. The number of esters is 1. The van der Waals surface area contributed by atoms with Gasteiger partial charge in [0.2, 0.25) is 0 Å². The highest BCUT2D eigenvalue weighted by Gasteiger charge is 2.16. The molecule has 2 heterocycles. The first-order valence-electron chi connectivity index (χ1n) is 7.25. The SMILES string of the molecule is COc1ccc(-n2ccc(C(=O)OCc3nccn3C(F)F)n2)cc1. The molecular formula is C16H14F2N4O3. The Morgan fingerprint density at radius 3 is 2.64 bits per heavy atom. The average Bonchev–Trinajstić information content (AvgIpc) is 3.29. The molecule has 0 saturated heterocycles. The second kappa shape index (κ2) is 7.12. The van der Waals surface area contributed by atoms with Gasteiger partial charge in [-0.05, 0) is 30.3 Å². The molecule has 3 aromatic rings. The van der Waals surface area contributed by atoms with Crippen LogP contribution in [0.5, 0.6) is 5.75 Å². The molecule has 0 aliphatic heterocycles. The number of alkyl halides is 2. The number of hydrogen-bond acceptors (Lipinski definition) is 5. The Morgan fingerprint density at radius 2 is 1.96 bits per heavy atom. The maximum atomic E-state index is 12.7. The van der Waals surface area contributed by atoms with Gasteiger partial charge in [-0.2, -0.15) is 13.9 Å². The zero-order valence-corrected chi connectivity index (χ0v) is 13.2. The van der Waals surface area contributed by atoms with Crippen molar-refractivity contribution in [2.45, 2.75) is 13.2 Å². The topological polar surface area (TPSA) is 71.2 Å². The van der Waals surface area contributed by atoms with Gasteiger partial charge in [0.25, 0.3) is 0 Å². The molecule has 1 aromatic carbocycles. The van der Waals surface area contributed by atoms with Gasteiger partial charge in [-0.3, -0.25) is 4.57 Å². The number of benzene rings is 1. The Kier molecular flexibility index (Phi) is 4.73. The Balaban J connectivity index is 1.67. The summed E-state index contributed by atoms with van der Waals surface area (Å²) in [4.78, 5) is 15.8. The largest absolute Gasteiger partial charge is 0.497 e. The Bertz CT molecular complexity index is 858. The molecule has 0 fully saturated rings. The number of methoxy groups -OCH3 is 1. The summed E-state index contributed by atoms with van der Waals surface area (Å²) in [6, 6.07) is 8.56. The van der Waals surface area contributed by atoms with E-state index in [0.717, 1.165) is 11.9 Å². The van der Waals surface area contributed by atoms with Crippen molar-refractivity contribution < 1.29 is 23.0 Å². The second-order valence-corrected chi connectivity index (χ2v) is 4.95. The van der Waals surface area contributed by atoms with Crippen molar-refractivity contribution in [3.05, 3.63) is 60.4 Å². The van der Waals surface area contributed by atoms with Gasteiger partial charge in [-0.25, -0.2) is 14.5 Å². The number of ether oxygens (including phenoxy) is 2. The third-order valence-corrected chi connectivity index (χ3v) is 3.43. The molecule has 0 saturated carbocycles. The highest BCUT2D eigenvalue weighted by molar-refractivity contribution is 5.87. The lowest BCUT2D eigenvalue weighted by atomic mass is 10.3. The first kappa shape index (κ1) is 16.6. The monoisotopic (exact) mass is 348 g/mol. The van der Waals surface area contributed by atoms with Crippen LogP contribution >= 0.6 is 0 Å². The number of aromatic nitrogens is 4. The van der Waals surface area contributed by atoms with E-state index < -0.39 is 12.5 Å². The predicted octanol–water partition coefficient (Wildman–Crippen LogP) is 2.83. The van der Waals surface area contributed by atoms with Crippen molar-refractivity contribution >= 4 is 5.97 Å². The van der Waals surface area contributed by atoms with E-state index in [-0.39, 0.29) is 18.1 Å². The maximum absolute atomic E-state index is 12.7. The van der Waals surface area contributed by atoms with E-state index in [1.807, 2.05) is 0 Å². The van der Waals surface area contributed by atoms with Crippen molar-refractivity contribution in [3.8, 4) is 11.4 Å². The number of hydrogen-bond donors (Lipinski definition) is 0. The van der Waals surface area contributed by atoms with Crippen molar-refractivity contribution in [2.24, 2.45) is 0 Å². The molecular weight excluding hydrogens is 334 g/mol. The van der Waals surface area contributed by atoms with E-state index >= 15 is 0 Å². The van der Waals surface area contributed by atoms with Crippen molar-refractivity contribution in [1.29, 1.82) is 0 Å². The number of carbonyl (C=O) groups is 1. The van der Waals surface area contributed by atoms with Crippen molar-refractivity contribution in [3.63, 3.8) is 0 Å². The summed E-state index contributed by atoms with van der Waals surface area (Å²) in [7, 11) is 1.57. The van der Waals surface area contributed by atoms with Crippen LogP contribution in [0.4, 0.5) is 8.78 Å². The Hall–Kier alpha value is -3.23. The van der Waals surface area contributed by atoms with Gasteiger partial charge in [-0.15, -0.1) is 0 Å². The number of halogens is 2. The molecule has 0 aliphatic rings. The normalized spacial score (nSPS) is 10.9. The molecule has 0 aliphatic carbocycles. The summed E-state index contributed by atoms with van der Waals surface area (Å²) >= 11 is 0. The highest BCUT2D eigenvalue weighted by Crippen LogP contribution is 2.16. The van der Waals surface area contributed by atoms with Crippen LogP contribution in [0.25, 0.3) is 5.69 Å². The van der Waals surface area contributed by atoms with E-state index in [4.69, 9.17) is 9.47 Å². The molecule has 3 rings (SSSR count). The first-order chi connectivity index (χ1) is 12.1. The van der Waals surface area contributed by atoms with Crippen LogP contribution in [-0.2, 0) is 11.3 Å². The molecule has 0 amide bonds. The lowest BCUT2D eigenvalue weighted by molar-refractivity contribution is 0.0370. The van der Waals surface area contributed by atoms with E-state index in [0.29, 0.717) is 10.3 Å². The molecule has 0 radical (unpaired) electrons. The molecule has 0 N–H and O–H groups in total. The fraction of sp³-hybridized carbons (Fsp3) is 0.188. The van der Waals surface area contributed by atoms with E-state index in [2.05, 4.69) is 10.1 Å². The minimum atomic E-state index is -2.74. The van der Waals surface area contributed by atoms with E-state index in [9.17, 15) is 13.6 Å². The lowest BCUT2D eigenvalue weighted by Gasteiger charge is -2.06. The summed E-state index contributed by atoms with van der Waals surface area (Å²) in [5.41, 5.74) is 0.791. The van der Waals surface area contributed by atoms with E-state index in [1.54, 1.807) is 37.6 Å². The summed E-state index contributed by atoms with van der Waals surface area (Å²) < 4.78 is 37.6. The minimum Gasteiger partial charge on any atom is -0.497 e. The fourth-order valence-electron chi connectivity index (χ4n) is 2.15. The molecule has 0 unspecified atom stereocenters. The molecule has 2 aromatic heterocycles. The maximum Gasteiger partial charge on any atom is 0.359 e. The van der Waals surface area contributed by atoms with Gasteiger partial charge >= 0.3 is 12.5 Å². The molecule has 0 bridgehead atoms. The van der Waals surface area contributed by atoms with Crippen LogP contribution in [-0.4, -0.2) is 32.4 Å². The number of nitrogens with zero attached hydrogens (tertiary/aromatic N) is 4. The van der Waals surface area contributed by atoms with Crippen LogP contribution in [0.3, 0.4) is 0 Å². The average molecular weight is 348 g/mol. The summed E-state index contributed by atoms with van der Waals surface area (Å²) in [6.07, 6.45) is 3.93. The third-order valence-electron chi connectivity index (χ3n) is 3.43. The van der Waals surface area contributed by atoms with Crippen molar-refractivity contribution in [2.75, 3.05) is 7.11 Å². The van der Waals surface area contributed by atoms with Crippen LogP contribution in [0.2, 0.25) is 0 Å². The Morgan fingerprint density at radius 1 is 1.20 bits per heavy atom. The lowest BCUT2D eigenvalue weighted by Crippen LogP contribution is -2.11. The molecule has 7 nitrogen and oxygen atoms in total. The zero-order valence-electron chi connectivity index (χ0n) is 13.2. The first-order valence-corrected chi connectivity index (χ1v) is 7.25. The minimum absolute atomic E-state index is 0.0436. The van der Waals surface area contributed by atoms with Crippen LogP contribution in [0, 0.1) is 0 Å². The zero-order chi connectivity index (χ0) is 17.8. The predicted molar refractivity (Wildman–Crippen MR) is 82.7 cm³/mol. The Labute approximate surface area is 141 Å². The van der Waals surface area contributed by atoms with Crippen LogP contribution in [0.1, 0.15) is 22.9 Å². The highest BCUT2D eigenvalue weighted by atomic mass is 19.3. The van der Waals surface area contributed by atoms with E-state index in [1.165, 1.54) is 16.9 Å². The second-order valence-electron chi connectivity index (χ2n) is 4.95. The van der Waals surface area contributed by atoms with Crippen LogP contribution < -0.4 is 4.74 Å². The van der Waals surface area contributed by atoms with Gasteiger partial charge < -0.3 is 9.47 Å². The van der Waals surface area contributed by atoms with Gasteiger partial charge in [0, 0.05) is 18.6 Å². The fourth-order valence-corrected chi connectivity index (χ4v) is 2.15. The molecule has 9 heteroatoms. The smallest absolute Gasteiger partial charge is 0.359 e. The molecule has 25 heavy (non-hydrogen) atoms. The van der Waals surface area contributed by atoms with Gasteiger partial charge in [-0.1, -0.05) is 0 Å². The summed E-state index contributed by atoms with van der Waals surface area (Å²) in [5, 5.41) is 4.12. The quantitative estimate of drug-likeness (QED) is 0.641. The molecule has 0 atom stereocenters. The number of imidazole rings is 1. The van der Waals surface area contributed by atoms with Gasteiger partial charge in [0.1, 0.15) is 12.4 Å². The van der Waals surface area contributed by atoms with Crippen molar-refractivity contribution in [1.82, 2.24) is 19.3 Å². The van der Waals surface area contributed by atoms with Gasteiger partial charge in [0.05, 0.1) is 12.8 Å². The standard InChI is InChI=1S/C16H14F2N4O3/c1-24-12-4-2-11(3-5-12)22-8-6-13(20-22)15(23)25-10-14-19-7-9-21(14)16(17)18/h2-9,16H,10H2,1H3. The third kappa shape index (κ3) is 3.65. The van der Waals surface area contributed by atoms with Crippen LogP contribution in [0.15, 0.2) is 48.9 Å². The summed E-state index contributed by atoms with van der Waals surface area (Å²) in [6.45, 7) is -3.11. The molecule has 130 valence electrons. The molecule has 0 spiro atoms. The summed E-state index contributed by atoms with van der Waals surface area (Å²) in [5.74, 6) is -0.0703. The number of carbonyl (C=O) groups excluding carboxylic acids is 1. The van der Waals surface area contributed by atoms with Gasteiger partial charge in [0.15, 0.2) is 11.5 Å².